The third kappa shape index (κ3) is 30.8. The van der Waals surface area contributed by atoms with Crippen molar-refractivity contribution in [3.8, 4) is 23.0 Å². The molecule has 10 aromatic rings. The number of fused-ring (bicyclic) bond motifs is 2. The number of nitrogens with one attached hydrogen (secondary N) is 16. The molecule has 2 unspecified atom stereocenters. The molecule has 0 aliphatic carbocycles. The maximum Gasteiger partial charge on any atom is 0.245 e. The van der Waals surface area contributed by atoms with Gasteiger partial charge in [-0.3, -0.25) is 72.4 Å². The summed E-state index contributed by atoms with van der Waals surface area (Å²) in [6, 6.07) is 17.1. The summed E-state index contributed by atoms with van der Waals surface area (Å²) >= 11 is 0. The Morgan fingerprint density at radius 1 is 0.496 bits per heavy atom. The average Bonchev–Trinajstić information content (AvgIpc) is 1.73. The highest BCUT2D eigenvalue weighted by atomic mass is 33.1. The van der Waals surface area contributed by atoms with Crippen molar-refractivity contribution in [1.82, 2.24) is 104 Å². The number of aliphatic hydroxyl groups is 2. The topological polar surface area (TPSA) is 662 Å². The van der Waals surface area contributed by atoms with Crippen LogP contribution in [0.2, 0.25) is 0 Å². The average molecular weight is 1970 g/mol. The van der Waals surface area contributed by atoms with Crippen molar-refractivity contribution >= 4 is 115 Å². The summed E-state index contributed by atoms with van der Waals surface area (Å²) in [7, 11) is 1.58. The molecule has 746 valence electrons. The summed E-state index contributed by atoms with van der Waals surface area (Å²) in [5.74, 6) is -17.7. The van der Waals surface area contributed by atoms with Crippen molar-refractivity contribution in [3.05, 3.63) is 246 Å². The third-order valence-corrected chi connectivity index (χ3v) is 26.5. The molecule has 44 heteroatoms. The lowest BCUT2D eigenvalue weighted by molar-refractivity contribution is -0.140. The molecule has 16 atom stereocenters. The molecule has 2 saturated heterocycles. The predicted octanol–water partition coefficient (Wildman–Crippen LogP) is -0.305. The van der Waals surface area contributed by atoms with Gasteiger partial charge in [0.05, 0.1) is 55.7 Å². The van der Waals surface area contributed by atoms with Crippen molar-refractivity contribution in [2.75, 3.05) is 24.6 Å². The lowest BCUT2D eigenvalue weighted by atomic mass is 9.91. The van der Waals surface area contributed by atoms with Gasteiger partial charge in [-0.05, 0) is 120 Å². The lowest BCUT2D eigenvalue weighted by Crippen LogP contribution is -2.63. The molecule has 141 heavy (non-hydrogen) atoms. The number of aliphatic hydroxyl groups excluding tert-OH is 2. The molecule has 0 saturated carbocycles. The third-order valence-electron chi connectivity index (χ3n) is 24.1. The number of aromatic hydroxyl groups is 4. The number of rotatable bonds is 31. The van der Waals surface area contributed by atoms with Gasteiger partial charge >= 0.3 is 0 Å². The van der Waals surface area contributed by atoms with Gasteiger partial charge in [-0.1, -0.05) is 132 Å². The molecule has 4 aromatic heterocycles. The van der Waals surface area contributed by atoms with Gasteiger partial charge in [0, 0.05) is 129 Å². The molecule has 0 spiro atoms. The molecular formula is C97H116N22O20S2. The number of aromatic nitrogens is 7. The lowest BCUT2D eigenvalue weighted by Gasteiger charge is -2.34. The van der Waals surface area contributed by atoms with Crippen LogP contribution in [0.15, 0.2) is 195 Å². The van der Waals surface area contributed by atoms with E-state index in [9.17, 15) is 49.8 Å². The van der Waals surface area contributed by atoms with E-state index < -0.39 is 223 Å². The molecule has 26 N–H and O–H groups in total. The van der Waals surface area contributed by atoms with Crippen LogP contribution in [0.5, 0.6) is 23.0 Å². The summed E-state index contributed by atoms with van der Waals surface area (Å²) < 4.78 is 0. The Morgan fingerprint density at radius 3 is 1.56 bits per heavy atom. The zero-order valence-electron chi connectivity index (χ0n) is 77.3. The highest BCUT2D eigenvalue weighted by Crippen LogP contribution is 2.29. The van der Waals surface area contributed by atoms with Crippen LogP contribution in [-0.4, -0.2) is 268 Å². The summed E-state index contributed by atoms with van der Waals surface area (Å²) in [5, 5.41) is 99.5. The van der Waals surface area contributed by atoms with Crippen LogP contribution in [0.4, 0.5) is 0 Å². The van der Waals surface area contributed by atoms with E-state index in [0.717, 1.165) is 39.4 Å². The fourth-order valence-electron chi connectivity index (χ4n) is 16.4. The number of hydrogen-bond donors (Lipinski definition) is 24. The number of phenols is 4. The SMILES string of the molecule is CC(C)[C@H](NC(=O)[C@@H]1CSSC[C@H](NC(=O)[C@H](Cc2cnc[nH]2)NC(=O)[C@@H](N)Cc2c[nH]c3ccccc23)C(=O)N[C@@H](Cc2ccc(O)cc2)C(=O)N[C@@H]([C@@H](C)O)C(=O)N[C@@H](Cc2ccc(O)cc2)C(=O)N[C@@H](Cc2ccccc2)C(=O)N2CCC[C@H]2C(O)N[C@@H](Cc2cnc[nH]2)C(=O)C[C@@H](Cc2cnc[nH]2)C(=O)NC(Cc2ccc(O)cc2)C(=O)N1)C(=O)N[C@@H](Cc1ccc(O)cc1)C(=O)NCC(N)=O. The molecule has 2 aliphatic rings. The smallest absolute Gasteiger partial charge is 0.245 e. The molecule has 0 bridgehead atoms. The number of carbonyl (C=O) groups is 14. The Kier molecular flexibility index (Phi) is 37.6. The normalized spacial score (nSPS) is 21.5. The Morgan fingerprint density at radius 2 is 0.993 bits per heavy atom. The monoisotopic (exact) mass is 1970 g/mol. The summed E-state index contributed by atoms with van der Waals surface area (Å²) in [4.78, 5) is 237. The van der Waals surface area contributed by atoms with E-state index in [0.29, 0.717) is 51.3 Å². The maximum atomic E-state index is 15.9. The summed E-state index contributed by atoms with van der Waals surface area (Å²) in [5.41, 5.74) is 16.4. The predicted molar refractivity (Wildman–Crippen MR) is 518 cm³/mol. The second-order valence-electron chi connectivity index (χ2n) is 35.2. The summed E-state index contributed by atoms with van der Waals surface area (Å²) in [6.07, 6.45) is 3.70. The molecule has 6 aromatic carbocycles. The van der Waals surface area contributed by atoms with E-state index in [-0.39, 0.29) is 86.5 Å². The first kappa shape index (κ1) is 105. The van der Waals surface area contributed by atoms with Gasteiger partial charge in [0.1, 0.15) is 89.6 Å². The number of imidazole rings is 3. The van der Waals surface area contributed by atoms with Crippen LogP contribution >= 0.6 is 21.6 Å². The van der Waals surface area contributed by atoms with Crippen LogP contribution in [0.1, 0.15) is 90.5 Å². The van der Waals surface area contributed by atoms with Crippen LogP contribution < -0.4 is 75.3 Å². The fraction of sp³-hybridized carbons (Fsp3) is 0.371. The number of primary amides is 1. The Labute approximate surface area is 817 Å². The highest BCUT2D eigenvalue weighted by Gasteiger charge is 2.44. The van der Waals surface area contributed by atoms with E-state index in [2.05, 4.69) is 98.7 Å². The second kappa shape index (κ2) is 50.6. The Hall–Kier alpha value is -15.0. The first-order valence-electron chi connectivity index (χ1n) is 45.8. The molecule has 2 fully saturated rings. The minimum absolute atomic E-state index is 0.00341. The van der Waals surface area contributed by atoms with Crippen LogP contribution in [0.3, 0.4) is 0 Å². The number of ketones is 1. The van der Waals surface area contributed by atoms with Crippen molar-refractivity contribution in [2.45, 2.75) is 189 Å². The van der Waals surface area contributed by atoms with E-state index in [1.54, 1.807) is 56.4 Å². The Bertz CT molecular complexity index is 5930. The van der Waals surface area contributed by atoms with Gasteiger partial charge in [0.25, 0.3) is 0 Å². The Balaban J connectivity index is 0.955. The van der Waals surface area contributed by atoms with Crippen LogP contribution in [0.25, 0.3) is 10.9 Å². The second-order valence-corrected chi connectivity index (χ2v) is 37.7. The van der Waals surface area contributed by atoms with Crippen molar-refractivity contribution in [3.63, 3.8) is 0 Å². The summed E-state index contributed by atoms with van der Waals surface area (Å²) in [6.45, 7) is 3.61. The van der Waals surface area contributed by atoms with Crippen LogP contribution in [0, 0.1) is 11.8 Å². The molecule has 42 nitrogen and oxygen atoms in total. The number of benzene rings is 6. The number of Topliss-reactive ketones (excluding diaryl/α,β-unsaturated/α-hetero) is 1. The molecule has 6 heterocycles. The number of H-pyrrole nitrogens is 4. The number of nitrogens with two attached hydrogens (primary N) is 2. The zero-order valence-corrected chi connectivity index (χ0v) is 78.9. The maximum absolute atomic E-state index is 15.9. The van der Waals surface area contributed by atoms with E-state index >= 15 is 47.9 Å². The minimum atomic E-state index is -2.01. The number of aromatic amines is 4. The van der Waals surface area contributed by atoms with Crippen molar-refractivity contribution in [1.29, 1.82) is 0 Å². The minimum Gasteiger partial charge on any atom is -0.508 e. The van der Waals surface area contributed by atoms with Crippen LogP contribution in [-0.2, 0) is 125 Å². The number of carbonyl (C=O) groups excluding carboxylic acids is 14. The quantitative estimate of drug-likeness (QED) is 0.0248. The molecular weight excluding hydrogens is 1860 g/mol. The van der Waals surface area contributed by atoms with Gasteiger partial charge in [0.2, 0.25) is 76.8 Å². The number of amides is 13. The number of para-hydroxylation sites is 1. The van der Waals surface area contributed by atoms with Gasteiger partial charge in [0.15, 0.2) is 5.78 Å². The van der Waals surface area contributed by atoms with Gasteiger partial charge in [-0.15, -0.1) is 0 Å². The van der Waals surface area contributed by atoms with Gasteiger partial charge in [-0.25, -0.2) is 15.0 Å². The standard InChI is InChI=1S/C97H116N22O20S2/c1-52(2)83(95(137)112-72(87(129)104-46-82(99)126)32-55-15-23-64(121)24-16-55)117-93(135)79-48-141-140-47-78(115-90(132)76(41-63-45-102-51-107-63)110-86(128)69(98)38-60-42-103-70-13-8-7-12-68(60)70)92(134)111-75(35-58-21-29-67(124)30-22-58)91(133)118-84(53(3)120)96(138)113-74(34-57-19-27-66(123)28-20-57)88(130)114-77(36-54-10-5-4-6-11-54)97(139)119-31-9-14-80(119)94(136)108-71(40-62-44-101-50-106-62)81(125)39-59(37-61-43-100-49-105-61)85(127)109-73(89(131)116-79)33-56-17-25-65(122)26-18-56/h4-8,10-13,15-30,42-45,49-53,59,69,71-80,83-84,94,103,108,120-124,136H,9,14,31-41,46-48,98H2,1-3H3,(H2,99,126)(H,100,105)(H,101,106)(H,102,107)(H,104,129)(H,109,127)(H,110,128)(H,111,134)(H,112,137)(H,113,138)(H,114,130)(H,115,132)(H,116,131)(H,117,135)(H,118,133)/t53-,59-,69+,71+,72+,73?,74+,75+,76+,77+,78+,79+,80+,83+,84+,94?/m1/s1. The van der Waals surface area contributed by atoms with E-state index in [1.807, 2.05) is 18.2 Å². The zero-order chi connectivity index (χ0) is 101. The first-order chi connectivity index (χ1) is 67.6. The molecule has 0 radical (unpaired) electrons. The van der Waals surface area contributed by atoms with Gasteiger partial charge in [-0.2, -0.15) is 0 Å². The number of hydrogen-bond acceptors (Lipinski definition) is 27. The van der Waals surface area contributed by atoms with E-state index in [4.69, 9.17) is 11.5 Å². The van der Waals surface area contributed by atoms with E-state index in [1.165, 1.54) is 140 Å². The molecule has 12 rings (SSSR count). The van der Waals surface area contributed by atoms with Crippen molar-refractivity contribution in [2.24, 2.45) is 23.3 Å². The number of phenolic OH excluding ortho intramolecular Hbond substituents is 4. The fourth-order valence-corrected chi connectivity index (χ4v) is 18.8. The number of nitrogens with zero attached hydrogens (tertiary/aromatic N) is 4. The van der Waals surface area contributed by atoms with Crippen molar-refractivity contribution < 1.29 is 97.8 Å². The first-order valence-corrected chi connectivity index (χ1v) is 48.3. The highest BCUT2D eigenvalue weighted by molar-refractivity contribution is 8.76. The largest absolute Gasteiger partial charge is 0.508 e. The molecule has 2 aliphatic heterocycles. The molecule has 13 amide bonds. The van der Waals surface area contributed by atoms with Gasteiger partial charge < -0.3 is 125 Å².